The van der Waals surface area contributed by atoms with E-state index in [1.165, 1.54) is 24.6 Å². The Kier molecular flexibility index (Phi) is 9.50. The third kappa shape index (κ3) is 5.83. The van der Waals surface area contributed by atoms with Gasteiger partial charge in [0.05, 0.1) is 12.1 Å². The summed E-state index contributed by atoms with van der Waals surface area (Å²) in [6.45, 7) is 6.92. The van der Waals surface area contributed by atoms with Crippen LogP contribution < -0.4 is 10.6 Å². The molecule has 28 heavy (non-hydrogen) atoms. The molecule has 2 rings (SSSR count). The van der Waals surface area contributed by atoms with Crippen LogP contribution in [0.3, 0.4) is 0 Å². The van der Waals surface area contributed by atoms with E-state index in [9.17, 15) is 20.1 Å². The SMILES string of the molecule is CCCC1CCNC(C(=O)NC(C(C)C)[C@@H]2O[C@@H](SC)[C@@H](O)[C@H](O)[C@@H]2O)CC1. The molecule has 0 spiro atoms. The van der Waals surface area contributed by atoms with Gasteiger partial charge in [-0.15, -0.1) is 11.8 Å². The monoisotopic (exact) mass is 418 g/mol. The van der Waals surface area contributed by atoms with Crippen molar-refractivity contribution in [1.29, 1.82) is 0 Å². The van der Waals surface area contributed by atoms with E-state index in [0.29, 0.717) is 5.92 Å². The van der Waals surface area contributed by atoms with Gasteiger partial charge in [0.15, 0.2) is 0 Å². The number of ether oxygens (including phenoxy) is 1. The van der Waals surface area contributed by atoms with Gasteiger partial charge in [0.2, 0.25) is 5.91 Å². The van der Waals surface area contributed by atoms with E-state index in [2.05, 4.69) is 17.6 Å². The van der Waals surface area contributed by atoms with Crippen molar-refractivity contribution in [2.75, 3.05) is 12.8 Å². The van der Waals surface area contributed by atoms with Crippen molar-refractivity contribution in [1.82, 2.24) is 10.6 Å². The minimum absolute atomic E-state index is 0.00725. The van der Waals surface area contributed by atoms with Gasteiger partial charge < -0.3 is 30.7 Å². The Labute approximate surface area is 173 Å². The molecule has 1 amide bonds. The van der Waals surface area contributed by atoms with Gasteiger partial charge in [-0.05, 0) is 43.9 Å². The number of carbonyl (C=O) groups is 1. The van der Waals surface area contributed by atoms with Gasteiger partial charge in [-0.2, -0.15) is 0 Å². The zero-order chi connectivity index (χ0) is 20.8. The fourth-order valence-corrected chi connectivity index (χ4v) is 4.97. The predicted molar refractivity (Wildman–Crippen MR) is 111 cm³/mol. The molecule has 2 heterocycles. The maximum Gasteiger partial charge on any atom is 0.237 e. The van der Waals surface area contributed by atoms with Crippen LogP contribution in [0.4, 0.5) is 0 Å². The summed E-state index contributed by atoms with van der Waals surface area (Å²) in [6.07, 6.45) is 2.55. The van der Waals surface area contributed by atoms with Crippen molar-refractivity contribution in [2.24, 2.45) is 11.8 Å². The minimum atomic E-state index is -1.31. The van der Waals surface area contributed by atoms with E-state index in [4.69, 9.17) is 4.74 Å². The summed E-state index contributed by atoms with van der Waals surface area (Å²) < 4.78 is 5.88. The van der Waals surface area contributed by atoms with Gasteiger partial charge in [-0.25, -0.2) is 0 Å². The molecule has 164 valence electrons. The van der Waals surface area contributed by atoms with Crippen molar-refractivity contribution in [3.8, 4) is 0 Å². The van der Waals surface area contributed by atoms with E-state index in [0.717, 1.165) is 25.8 Å². The summed E-state index contributed by atoms with van der Waals surface area (Å²) >= 11 is 1.28. The lowest BCUT2D eigenvalue weighted by molar-refractivity contribution is -0.208. The van der Waals surface area contributed by atoms with E-state index in [1.807, 2.05) is 13.8 Å². The lowest BCUT2D eigenvalue weighted by atomic mass is 9.88. The molecule has 2 aliphatic rings. The average molecular weight is 419 g/mol. The number of nitrogens with one attached hydrogen (secondary N) is 2. The van der Waals surface area contributed by atoms with Gasteiger partial charge in [0.1, 0.15) is 29.9 Å². The first-order valence-corrected chi connectivity index (χ1v) is 11.8. The molecule has 8 heteroatoms. The Balaban J connectivity index is 2.04. The molecule has 0 bridgehead atoms. The second-order valence-corrected chi connectivity index (χ2v) is 9.42. The van der Waals surface area contributed by atoms with Crippen LogP contribution >= 0.6 is 11.8 Å². The molecular formula is C20H38N2O5S. The normalized spacial score (nSPS) is 38.1. The highest BCUT2D eigenvalue weighted by Gasteiger charge is 2.47. The largest absolute Gasteiger partial charge is 0.388 e. The summed E-state index contributed by atoms with van der Waals surface area (Å²) in [5, 5.41) is 37.2. The standard InChI is InChI=1S/C20H38N2O5S/c1-5-6-12-7-8-13(21-10-9-12)19(26)22-14(11(2)3)18-16(24)15(23)17(25)20(27-18)28-4/h11-18,20-21,23-25H,5-10H2,1-4H3,(H,22,26)/t12?,13?,14?,15-,16+,17+,18+,20+/m1/s1. The van der Waals surface area contributed by atoms with Crippen LogP contribution in [0.2, 0.25) is 0 Å². The average Bonchev–Trinajstić information content (AvgIpc) is 2.91. The summed E-state index contributed by atoms with van der Waals surface area (Å²) in [4.78, 5) is 12.9. The lowest BCUT2D eigenvalue weighted by Gasteiger charge is -2.44. The molecule has 0 aromatic carbocycles. The molecule has 0 radical (unpaired) electrons. The Morgan fingerprint density at radius 1 is 1.18 bits per heavy atom. The van der Waals surface area contributed by atoms with Crippen LogP contribution in [0, 0.1) is 11.8 Å². The fraction of sp³-hybridized carbons (Fsp3) is 0.950. The molecule has 0 aromatic heterocycles. The second kappa shape index (κ2) is 11.1. The first-order chi connectivity index (χ1) is 13.3. The molecule has 0 saturated carbocycles. The number of hydrogen-bond donors (Lipinski definition) is 5. The zero-order valence-corrected chi connectivity index (χ0v) is 18.3. The Morgan fingerprint density at radius 2 is 1.89 bits per heavy atom. The van der Waals surface area contributed by atoms with Crippen molar-refractivity contribution >= 4 is 17.7 Å². The summed E-state index contributed by atoms with van der Waals surface area (Å²) in [7, 11) is 0. The van der Waals surface area contributed by atoms with Gasteiger partial charge >= 0.3 is 0 Å². The van der Waals surface area contributed by atoms with E-state index in [1.54, 1.807) is 6.26 Å². The molecule has 7 nitrogen and oxygen atoms in total. The first kappa shape index (κ1) is 23.9. The van der Waals surface area contributed by atoms with Crippen LogP contribution in [0.15, 0.2) is 0 Å². The van der Waals surface area contributed by atoms with Gasteiger partial charge in [-0.1, -0.05) is 33.6 Å². The number of carbonyl (C=O) groups excluding carboxylic acids is 1. The van der Waals surface area contributed by atoms with Crippen LogP contribution in [-0.2, 0) is 9.53 Å². The third-order valence-corrected chi connectivity index (χ3v) is 6.89. The fourth-order valence-electron chi connectivity index (χ4n) is 4.29. The topological polar surface area (TPSA) is 111 Å². The number of hydrogen-bond acceptors (Lipinski definition) is 7. The Morgan fingerprint density at radius 3 is 2.50 bits per heavy atom. The van der Waals surface area contributed by atoms with Crippen molar-refractivity contribution < 1.29 is 24.9 Å². The highest BCUT2D eigenvalue weighted by atomic mass is 32.2. The van der Waals surface area contributed by atoms with E-state index < -0.39 is 35.9 Å². The highest BCUT2D eigenvalue weighted by Crippen LogP contribution is 2.30. The minimum Gasteiger partial charge on any atom is -0.388 e. The van der Waals surface area contributed by atoms with E-state index in [-0.39, 0.29) is 17.9 Å². The van der Waals surface area contributed by atoms with Gasteiger partial charge in [-0.3, -0.25) is 4.79 Å². The summed E-state index contributed by atoms with van der Waals surface area (Å²) in [5.41, 5.74) is -0.646. The molecule has 2 fully saturated rings. The quantitative estimate of drug-likeness (QED) is 0.417. The lowest BCUT2D eigenvalue weighted by Crippen LogP contribution is -2.64. The molecule has 8 atom stereocenters. The number of thioether (sulfide) groups is 1. The van der Waals surface area contributed by atoms with Crippen molar-refractivity contribution in [2.45, 2.75) is 94.8 Å². The third-order valence-electron chi connectivity index (χ3n) is 6.04. The number of aliphatic hydroxyl groups is 3. The maximum absolute atomic E-state index is 12.9. The van der Waals surface area contributed by atoms with Crippen molar-refractivity contribution in [3.63, 3.8) is 0 Å². The summed E-state index contributed by atoms with van der Waals surface area (Å²) in [6, 6.07) is -0.716. The van der Waals surface area contributed by atoms with Crippen LogP contribution in [-0.4, -0.2) is 76.0 Å². The van der Waals surface area contributed by atoms with E-state index >= 15 is 0 Å². The molecule has 0 aromatic rings. The van der Waals surface area contributed by atoms with Crippen LogP contribution in [0.25, 0.3) is 0 Å². The number of rotatable bonds is 7. The van der Waals surface area contributed by atoms with Crippen LogP contribution in [0.1, 0.15) is 52.9 Å². The number of aliphatic hydroxyl groups excluding tert-OH is 3. The Hall–Kier alpha value is -0.380. The number of amides is 1. The van der Waals surface area contributed by atoms with Crippen molar-refractivity contribution in [3.05, 3.63) is 0 Å². The molecular weight excluding hydrogens is 380 g/mol. The van der Waals surface area contributed by atoms with Gasteiger partial charge in [0, 0.05) is 0 Å². The molecule has 2 aliphatic heterocycles. The van der Waals surface area contributed by atoms with Crippen LogP contribution in [0.5, 0.6) is 0 Å². The first-order valence-electron chi connectivity index (χ1n) is 10.6. The van der Waals surface area contributed by atoms with Gasteiger partial charge in [0.25, 0.3) is 0 Å². The molecule has 0 aliphatic carbocycles. The summed E-state index contributed by atoms with van der Waals surface area (Å²) in [5.74, 6) is 0.568. The molecule has 2 saturated heterocycles. The predicted octanol–water partition coefficient (Wildman–Crippen LogP) is 0.856. The molecule has 5 N–H and O–H groups in total. The maximum atomic E-state index is 12.9. The highest BCUT2D eigenvalue weighted by molar-refractivity contribution is 7.99. The second-order valence-electron chi connectivity index (χ2n) is 8.48. The Bertz CT molecular complexity index is 493. The zero-order valence-electron chi connectivity index (χ0n) is 17.5. The smallest absolute Gasteiger partial charge is 0.237 e. The molecule has 3 unspecified atom stereocenters.